The Morgan fingerprint density at radius 2 is 1.45 bits per heavy atom. The van der Waals surface area contributed by atoms with E-state index in [0.717, 1.165) is 6.04 Å². The van der Waals surface area contributed by atoms with Gasteiger partial charge in [0.2, 0.25) is 0 Å². The van der Waals surface area contributed by atoms with Crippen LogP contribution in [0.25, 0.3) is 0 Å². The normalized spacial score (nSPS) is 33.0. The molecule has 3 fully saturated rings. The number of quaternary nitrogens is 4. The minimum absolute atomic E-state index is 0.757. The lowest BCUT2D eigenvalue weighted by atomic mass is 10.1. The van der Waals surface area contributed by atoms with Gasteiger partial charge < -0.3 is 19.6 Å². The molecule has 0 aromatic rings. The van der Waals surface area contributed by atoms with Crippen LogP contribution in [0.4, 0.5) is 0 Å². The smallest absolute Gasteiger partial charge is 0.129 e. The summed E-state index contributed by atoms with van der Waals surface area (Å²) >= 11 is 0. The van der Waals surface area contributed by atoms with Gasteiger partial charge in [-0.15, -0.1) is 0 Å². The van der Waals surface area contributed by atoms with Crippen molar-refractivity contribution in [3.63, 3.8) is 0 Å². The molecule has 4 heteroatoms. The Morgan fingerprint density at radius 3 is 2.05 bits per heavy atom. The fraction of sp³-hybridized carbons (Fsp3) is 1.00. The Bertz CT molecular complexity index is 266. The van der Waals surface area contributed by atoms with Crippen LogP contribution >= 0.6 is 0 Å². The third-order valence-electron chi connectivity index (χ3n) is 5.63. The van der Waals surface area contributed by atoms with Gasteiger partial charge >= 0.3 is 0 Å². The number of rotatable bonds is 9. The van der Waals surface area contributed by atoms with E-state index in [9.17, 15) is 0 Å². The lowest BCUT2D eigenvalue weighted by molar-refractivity contribution is -1.07. The largest absolute Gasteiger partial charge is 0.346 e. The van der Waals surface area contributed by atoms with Crippen LogP contribution in [-0.2, 0) is 0 Å². The summed E-state index contributed by atoms with van der Waals surface area (Å²) in [7, 11) is 2.45. The van der Waals surface area contributed by atoms with Crippen molar-refractivity contribution in [3.8, 4) is 0 Å². The van der Waals surface area contributed by atoms with Crippen LogP contribution < -0.4 is 10.6 Å². The van der Waals surface area contributed by atoms with Crippen LogP contribution in [-0.4, -0.2) is 87.5 Å². The highest BCUT2D eigenvalue weighted by Crippen LogP contribution is 2.24. The molecule has 0 saturated carbocycles. The van der Waals surface area contributed by atoms with E-state index in [-0.39, 0.29) is 0 Å². The first-order valence-electron chi connectivity index (χ1n) is 8.87. The van der Waals surface area contributed by atoms with Crippen molar-refractivity contribution in [3.05, 3.63) is 0 Å². The number of fused-ring (bicyclic) bond motifs is 3. The molecule has 3 aliphatic heterocycles. The molecular formula is C16H38N4+4. The van der Waals surface area contributed by atoms with Gasteiger partial charge in [0.15, 0.2) is 0 Å². The molecule has 0 aromatic heterocycles. The van der Waals surface area contributed by atoms with Crippen LogP contribution in [0.2, 0.25) is 0 Å². The summed E-state index contributed by atoms with van der Waals surface area (Å²) in [6.45, 7) is 18.6. The second kappa shape index (κ2) is 7.21. The maximum absolute atomic E-state index is 2.54. The summed E-state index contributed by atoms with van der Waals surface area (Å²) in [6.07, 6.45) is 2.77. The summed E-state index contributed by atoms with van der Waals surface area (Å²) < 4.78 is 2.81. The van der Waals surface area contributed by atoms with E-state index in [4.69, 9.17) is 0 Å². The van der Waals surface area contributed by atoms with Gasteiger partial charge in [-0.25, -0.2) is 0 Å². The molecule has 0 amide bonds. The number of piperazine rings is 3. The second-order valence-electron chi connectivity index (χ2n) is 7.87. The molecule has 0 spiro atoms. The topological polar surface area (TPSA) is 33.2 Å². The minimum atomic E-state index is 0.757. The Morgan fingerprint density at radius 1 is 0.850 bits per heavy atom. The standard InChI is InChI=1S/C16H36N4/c1-16(2)18-8-4-6-17-7-5-9-20-13-10-19(3,11-14-20)12-15-20/h16-18H,4-15H2,1-3H3/q+2/p+2. The summed E-state index contributed by atoms with van der Waals surface area (Å²) in [5, 5.41) is 4.99. The molecule has 0 aromatic carbocycles. The monoisotopic (exact) mass is 286 g/mol. The van der Waals surface area contributed by atoms with Crippen molar-refractivity contribution in [2.45, 2.75) is 32.7 Å². The van der Waals surface area contributed by atoms with E-state index in [1.807, 2.05) is 0 Å². The highest BCUT2D eigenvalue weighted by Gasteiger charge is 2.46. The molecule has 3 rings (SSSR count). The Kier molecular flexibility index (Phi) is 5.84. The molecule has 3 heterocycles. The number of hydrogen-bond acceptors (Lipinski definition) is 0. The van der Waals surface area contributed by atoms with Gasteiger partial charge in [0, 0.05) is 12.8 Å². The molecule has 0 atom stereocenters. The van der Waals surface area contributed by atoms with Gasteiger partial charge in [0.1, 0.15) is 39.3 Å². The zero-order valence-corrected chi connectivity index (χ0v) is 14.1. The second-order valence-corrected chi connectivity index (χ2v) is 7.87. The van der Waals surface area contributed by atoms with E-state index in [2.05, 4.69) is 31.5 Å². The predicted octanol–water partition coefficient (Wildman–Crippen LogP) is -1.41. The Labute approximate surface area is 125 Å². The average molecular weight is 287 g/mol. The zero-order chi connectivity index (χ0) is 14.5. The molecule has 0 radical (unpaired) electrons. The van der Waals surface area contributed by atoms with Crippen LogP contribution in [0.5, 0.6) is 0 Å². The van der Waals surface area contributed by atoms with Gasteiger partial charge in [0.05, 0.1) is 39.3 Å². The third kappa shape index (κ3) is 4.69. The van der Waals surface area contributed by atoms with Crippen LogP contribution in [0, 0.1) is 0 Å². The molecule has 3 aliphatic rings. The minimum Gasteiger partial charge on any atom is -0.346 e. The summed E-state index contributed by atoms with van der Waals surface area (Å²) in [5.41, 5.74) is 0. The van der Waals surface area contributed by atoms with E-state index < -0.39 is 0 Å². The fourth-order valence-corrected chi connectivity index (χ4v) is 3.80. The molecule has 118 valence electrons. The van der Waals surface area contributed by atoms with Gasteiger partial charge in [-0.2, -0.15) is 0 Å². The maximum Gasteiger partial charge on any atom is 0.129 e. The molecule has 4 nitrogen and oxygen atoms in total. The highest BCUT2D eigenvalue weighted by atomic mass is 15.5. The number of hydrogen-bond donors (Lipinski definition) is 2. The van der Waals surface area contributed by atoms with Crippen molar-refractivity contribution >= 4 is 0 Å². The highest BCUT2D eigenvalue weighted by molar-refractivity contribution is 4.59. The van der Waals surface area contributed by atoms with Crippen LogP contribution in [0.3, 0.4) is 0 Å². The van der Waals surface area contributed by atoms with Crippen LogP contribution in [0.1, 0.15) is 26.7 Å². The van der Waals surface area contributed by atoms with E-state index in [0.29, 0.717) is 0 Å². The zero-order valence-electron chi connectivity index (χ0n) is 14.1. The first kappa shape index (κ1) is 16.2. The molecule has 4 N–H and O–H groups in total. The van der Waals surface area contributed by atoms with Crippen molar-refractivity contribution in [2.24, 2.45) is 0 Å². The maximum atomic E-state index is 2.54. The lowest BCUT2D eigenvalue weighted by Crippen LogP contribution is -2.91. The quantitative estimate of drug-likeness (QED) is 0.386. The first-order valence-corrected chi connectivity index (χ1v) is 8.87. The lowest BCUT2D eigenvalue weighted by Gasteiger charge is -2.54. The Balaban J connectivity index is 1.49. The number of nitrogens with zero attached hydrogens (tertiary/aromatic N) is 2. The molecule has 0 unspecified atom stereocenters. The summed E-state index contributed by atoms with van der Waals surface area (Å²) in [4.78, 5) is 0. The molecule has 2 bridgehead atoms. The van der Waals surface area contributed by atoms with Crippen molar-refractivity contribution in [2.75, 3.05) is 72.5 Å². The summed E-state index contributed by atoms with van der Waals surface area (Å²) in [6, 6.07) is 0.757. The molecule has 0 aliphatic carbocycles. The Hall–Kier alpha value is -0.160. The van der Waals surface area contributed by atoms with Crippen LogP contribution in [0.15, 0.2) is 0 Å². The molecule has 20 heavy (non-hydrogen) atoms. The van der Waals surface area contributed by atoms with Gasteiger partial charge in [-0.05, 0) is 13.8 Å². The molecule has 3 saturated heterocycles. The number of nitrogens with two attached hydrogens (primary N) is 2. The fourth-order valence-electron chi connectivity index (χ4n) is 3.80. The van der Waals surface area contributed by atoms with Crippen molar-refractivity contribution in [1.29, 1.82) is 0 Å². The third-order valence-corrected chi connectivity index (χ3v) is 5.63. The van der Waals surface area contributed by atoms with E-state index >= 15 is 0 Å². The van der Waals surface area contributed by atoms with Gasteiger partial charge in [-0.1, -0.05) is 0 Å². The number of likely N-dealkylation sites (N-methyl/N-ethyl adjacent to an activating group) is 1. The van der Waals surface area contributed by atoms with Crippen molar-refractivity contribution in [1.82, 2.24) is 0 Å². The first-order chi connectivity index (χ1) is 9.54. The summed E-state index contributed by atoms with van der Waals surface area (Å²) in [5.74, 6) is 0. The average Bonchev–Trinajstić information content (AvgIpc) is 2.43. The van der Waals surface area contributed by atoms with Crippen molar-refractivity contribution < 1.29 is 19.6 Å². The predicted molar refractivity (Wildman–Crippen MR) is 83.3 cm³/mol. The van der Waals surface area contributed by atoms with E-state index in [1.165, 1.54) is 87.3 Å². The SMILES string of the molecule is CC(C)[NH2+]CCC[NH2+]CCC[N+]12CC[N+](C)(CC1)CC2. The molecular weight excluding hydrogens is 248 g/mol. The van der Waals surface area contributed by atoms with E-state index in [1.54, 1.807) is 0 Å². The van der Waals surface area contributed by atoms with Gasteiger partial charge in [0.25, 0.3) is 0 Å². The van der Waals surface area contributed by atoms with Gasteiger partial charge in [-0.3, -0.25) is 0 Å².